The molecule has 0 radical (unpaired) electrons. The highest BCUT2D eigenvalue weighted by Gasteiger charge is 2.38. The molecule has 0 unspecified atom stereocenters. The lowest BCUT2D eigenvalue weighted by Gasteiger charge is -2.41. The molecule has 1 fully saturated rings. The second kappa shape index (κ2) is 5.09. The van der Waals surface area contributed by atoms with Gasteiger partial charge in [0.15, 0.2) is 0 Å². The number of nitrogens with zero attached hydrogens (tertiary/aromatic N) is 2. The summed E-state index contributed by atoms with van der Waals surface area (Å²) in [6, 6.07) is 6.00. The van der Waals surface area contributed by atoms with E-state index in [4.69, 9.17) is 15.5 Å². The van der Waals surface area contributed by atoms with Gasteiger partial charge in [-0.2, -0.15) is 0 Å². The van der Waals surface area contributed by atoms with E-state index in [2.05, 4.69) is 17.6 Å². The van der Waals surface area contributed by atoms with Crippen LogP contribution in [0.3, 0.4) is 0 Å². The van der Waals surface area contributed by atoms with Crippen LogP contribution in [0.1, 0.15) is 38.4 Å². The molecule has 0 amide bonds. The molecule has 0 aliphatic heterocycles. The minimum atomic E-state index is 0.0114. The van der Waals surface area contributed by atoms with Gasteiger partial charge in [-0.05, 0) is 43.9 Å². The Hall–Kier alpha value is -1.55. The fourth-order valence-electron chi connectivity index (χ4n) is 3.07. The molecule has 1 aromatic heterocycles. The normalized spacial score (nSPS) is 17.3. The lowest BCUT2D eigenvalue weighted by molar-refractivity contribution is -0.0832. The maximum Gasteiger partial charge on any atom is 0.109 e. The number of rotatable bonds is 5. The Morgan fingerprint density at radius 3 is 2.80 bits per heavy atom. The van der Waals surface area contributed by atoms with Crippen molar-refractivity contribution < 1.29 is 4.74 Å². The van der Waals surface area contributed by atoms with Gasteiger partial charge in [0.25, 0.3) is 0 Å². The number of nitrogens with two attached hydrogens (primary N) is 1. The molecule has 1 heterocycles. The van der Waals surface area contributed by atoms with Crippen molar-refractivity contribution in [2.75, 3.05) is 12.8 Å². The zero-order chi connectivity index (χ0) is 14.2. The van der Waals surface area contributed by atoms with Gasteiger partial charge in [0.2, 0.25) is 0 Å². The van der Waals surface area contributed by atoms with Crippen molar-refractivity contribution >= 4 is 16.7 Å². The summed E-state index contributed by atoms with van der Waals surface area (Å²) in [5.41, 5.74) is 8.83. The lowest BCUT2D eigenvalue weighted by atomic mass is 9.80. The molecule has 20 heavy (non-hydrogen) atoms. The molecule has 4 nitrogen and oxygen atoms in total. The predicted molar refractivity (Wildman–Crippen MR) is 81.7 cm³/mol. The summed E-state index contributed by atoms with van der Waals surface area (Å²) in [6.45, 7) is 3.09. The summed E-state index contributed by atoms with van der Waals surface area (Å²) in [7, 11) is 1.83. The Morgan fingerprint density at radius 2 is 2.20 bits per heavy atom. The Bertz CT molecular complexity index is 608. The average Bonchev–Trinajstić information content (AvgIpc) is 2.71. The third-order valence-electron chi connectivity index (χ3n) is 4.47. The topological polar surface area (TPSA) is 53.1 Å². The highest BCUT2D eigenvalue weighted by molar-refractivity contribution is 5.79. The van der Waals surface area contributed by atoms with Crippen molar-refractivity contribution in [1.29, 1.82) is 0 Å². The number of ether oxygens (including phenoxy) is 1. The first-order chi connectivity index (χ1) is 9.67. The van der Waals surface area contributed by atoms with E-state index in [0.29, 0.717) is 0 Å². The first-order valence-electron chi connectivity index (χ1n) is 7.47. The standard InChI is InChI=1S/C16H23N3O/c1-3-5-15-18-13-10-12(17)6-7-14(13)19(15)11-16(20-2)8-4-9-16/h6-7,10H,3-5,8-9,11,17H2,1-2H3. The Kier molecular flexibility index (Phi) is 3.42. The number of methoxy groups -OCH3 is 1. The number of nitrogen functional groups attached to an aromatic ring is 1. The molecule has 0 atom stereocenters. The van der Waals surface area contributed by atoms with Crippen molar-refractivity contribution in [3.63, 3.8) is 0 Å². The number of imidazole rings is 1. The minimum Gasteiger partial charge on any atom is -0.399 e. The van der Waals surface area contributed by atoms with E-state index in [0.717, 1.165) is 49.3 Å². The zero-order valence-electron chi connectivity index (χ0n) is 12.4. The van der Waals surface area contributed by atoms with Crippen molar-refractivity contribution in [2.45, 2.75) is 51.2 Å². The molecule has 2 N–H and O–H groups in total. The summed E-state index contributed by atoms with van der Waals surface area (Å²) < 4.78 is 8.11. The predicted octanol–water partition coefficient (Wildman–Crippen LogP) is 3.14. The van der Waals surface area contributed by atoms with Crippen molar-refractivity contribution in [2.24, 2.45) is 0 Å². The largest absolute Gasteiger partial charge is 0.399 e. The smallest absolute Gasteiger partial charge is 0.109 e. The zero-order valence-corrected chi connectivity index (χ0v) is 12.4. The summed E-state index contributed by atoms with van der Waals surface area (Å²) >= 11 is 0. The molecule has 2 aromatic rings. The second-order valence-corrected chi connectivity index (χ2v) is 5.85. The molecule has 0 bridgehead atoms. The maximum atomic E-state index is 5.87. The van der Waals surface area contributed by atoms with Gasteiger partial charge in [0.05, 0.1) is 23.2 Å². The molecule has 1 saturated carbocycles. The van der Waals surface area contributed by atoms with Crippen LogP contribution in [0.4, 0.5) is 5.69 Å². The van der Waals surface area contributed by atoms with Gasteiger partial charge in [0, 0.05) is 19.2 Å². The monoisotopic (exact) mass is 273 g/mol. The number of fused-ring (bicyclic) bond motifs is 1. The van der Waals surface area contributed by atoms with Crippen LogP contribution < -0.4 is 5.73 Å². The van der Waals surface area contributed by atoms with Crippen LogP contribution in [0, 0.1) is 0 Å². The third kappa shape index (κ3) is 2.18. The average molecular weight is 273 g/mol. The molecule has 1 aromatic carbocycles. The molecular weight excluding hydrogens is 250 g/mol. The molecule has 108 valence electrons. The molecule has 0 saturated heterocycles. The van der Waals surface area contributed by atoms with Crippen LogP contribution in [-0.4, -0.2) is 22.3 Å². The Labute approximate surface area is 119 Å². The van der Waals surface area contributed by atoms with Crippen molar-refractivity contribution in [3.8, 4) is 0 Å². The summed E-state index contributed by atoms with van der Waals surface area (Å²) in [4.78, 5) is 4.77. The van der Waals surface area contributed by atoms with Gasteiger partial charge in [-0.1, -0.05) is 6.92 Å². The van der Waals surface area contributed by atoms with Gasteiger partial charge in [0.1, 0.15) is 5.82 Å². The molecule has 1 aliphatic rings. The van der Waals surface area contributed by atoms with Gasteiger partial charge in [-0.3, -0.25) is 0 Å². The number of benzene rings is 1. The van der Waals surface area contributed by atoms with Gasteiger partial charge in [-0.15, -0.1) is 0 Å². The first-order valence-corrected chi connectivity index (χ1v) is 7.47. The molecule has 1 aliphatic carbocycles. The van der Waals surface area contributed by atoms with Crippen LogP contribution in [0.15, 0.2) is 18.2 Å². The number of aryl methyl sites for hydroxylation is 1. The third-order valence-corrected chi connectivity index (χ3v) is 4.47. The van der Waals surface area contributed by atoms with Gasteiger partial charge >= 0.3 is 0 Å². The quantitative estimate of drug-likeness (QED) is 0.851. The van der Waals surface area contributed by atoms with Crippen LogP contribution >= 0.6 is 0 Å². The van der Waals surface area contributed by atoms with Crippen LogP contribution in [0.5, 0.6) is 0 Å². The van der Waals surface area contributed by atoms with Crippen LogP contribution in [0.2, 0.25) is 0 Å². The van der Waals surface area contributed by atoms with Crippen molar-refractivity contribution in [3.05, 3.63) is 24.0 Å². The van der Waals surface area contributed by atoms with E-state index in [-0.39, 0.29) is 5.60 Å². The summed E-state index contributed by atoms with van der Waals surface area (Å²) in [5.74, 6) is 1.15. The SMILES string of the molecule is CCCc1nc2cc(N)ccc2n1CC1(OC)CCC1. The summed E-state index contributed by atoms with van der Waals surface area (Å²) in [5, 5.41) is 0. The van der Waals surface area contributed by atoms with Crippen molar-refractivity contribution in [1.82, 2.24) is 9.55 Å². The fourth-order valence-corrected chi connectivity index (χ4v) is 3.07. The van der Waals surface area contributed by atoms with E-state index in [1.165, 1.54) is 11.9 Å². The number of hydrogen-bond donors (Lipinski definition) is 1. The lowest BCUT2D eigenvalue weighted by Crippen LogP contribution is -2.43. The van der Waals surface area contributed by atoms with Gasteiger partial charge in [-0.25, -0.2) is 4.98 Å². The maximum absolute atomic E-state index is 5.87. The fraction of sp³-hybridized carbons (Fsp3) is 0.562. The number of aromatic nitrogens is 2. The van der Waals surface area contributed by atoms with Crippen LogP contribution in [-0.2, 0) is 17.7 Å². The van der Waals surface area contributed by atoms with Crippen LogP contribution in [0.25, 0.3) is 11.0 Å². The Balaban J connectivity index is 2.04. The highest BCUT2D eigenvalue weighted by Crippen LogP contribution is 2.37. The molecule has 4 heteroatoms. The Morgan fingerprint density at radius 1 is 1.40 bits per heavy atom. The highest BCUT2D eigenvalue weighted by atomic mass is 16.5. The molecule has 0 spiro atoms. The van der Waals surface area contributed by atoms with E-state index in [1.54, 1.807) is 0 Å². The van der Waals surface area contributed by atoms with E-state index in [1.807, 2.05) is 19.2 Å². The summed E-state index contributed by atoms with van der Waals surface area (Å²) in [6.07, 6.45) is 5.64. The molecule has 3 rings (SSSR count). The van der Waals surface area contributed by atoms with E-state index < -0.39 is 0 Å². The second-order valence-electron chi connectivity index (χ2n) is 5.85. The van der Waals surface area contributed by atoms with E-state index in [9.17, 15) is 0 Å². The number of anilines is 1. The molecular formula is C16H23N3O. The minimum absolute atomic E-state index is 0.0114. The number of hydrogen-bond acceptors (Lipinski definition) is 3. The first kappa shape index (κ1) is 13.4. The van der Waals surface area contributed by atoms with E-state index >= 15 is 0 Å². The van der Waals surface area contributed by atoms with Gasteiger partial charge < -0.3 is 15.0 Å².